The second kappa shape index (κ2) is 4.49. The molecule has 2 bridgehead atoms. The Morgan fingerprint density at radius 3 is 1.36 bits per heavy atom. The standard InChI is InChI=1S/C7H12ClN.ClHO4/c8-7-1-4-9(5-2-7)6-3-7;2-1(3,4)5/h1-6H2;(H,2,3,4,5). The van der Waals surface area contributed by atoms with Crippen molar-refractivity contribution in [3.63, 3.8) is 0 Å². The van der Waals surface area contributed by atoms with Crippen LogP contribution in [-0.2, 0) is 0 Å². The molecule has 3 heterocycles. The Morgan fingerprint density at radius 1 is 0.929 bits per heavy atom. The topological polar surface area (TPSA) is 96.7 Å². The number of nitrogens with one attached hydrogen (secondary N) is 1. The van der Waals surface area contributed by atoms with E-state index in [9.17, 15) is 0 Å². The van der Waals surface area contributed by atoms with Gasteiger partial charge in [0.05, 0.1) is 24.5 Å². The number of fused-ring (bicyclic) bond motifs is 3. The summed E-state index contributed by atoms with van der Waals surface area (Å²) in [5, 5.41) is 0. The maximum atomic E-state index is 8.49. The molecule has 5 nitrogen and oxygen atoms in total. The van der Waals surface area contributed by atoms with Gasteiger partial charge >= 0.3 is 0 Å². The first-order chi connectivity index (χ1) is 6.29. The average molecular weight is 246 g/mol. The lowest BCUT2D eigenvalue weighted by Gasteiger charge is -2.41. The number of piperidine rings is 3. The van der Waals surface area contributed by atoms with Gasteiger partial charge < -0.3 is 4.90 Å². The van der Waals surface area contributed by atoms with E-state index < -0.39 is 10.2 Å². The van der Waals surface area contributed by atoms with Gasteiger partial charge in [0, 0.05) is 19.3 Å². The van der Waals surface area contributed by atoms with Crippen LogP contribution in [0.15, 0.2) is 0 Å². The molecule has 84 valence electrons. The summed E-state index contributed by atoms with van der Waals surface area (Å²) in [7, 11) is -4.94. The highest BCUT2D eigenvalue weighted by Gasteiger charge is 2.40. The van der Waals surface area contributed by atoms with E-state index in [-0.39, 0.29) is 4.87 Å². The summed E-state index contributed by atoms with van der Waals surface area (Å²) in [4.78, 5) is 2.01. The third-order valence-corrected chi connectivity index (χ3v) is 3.35. The van der Waals surface area contributed by atoms with Crippen LogP contribution in [0, 0.1) is 10.2 Å². The van der Waals surface area contributed by atoms with Crippen molar-refractivity contribution >= 4 is 11.6 Å². The van der Waals surface area contributed by atoms with Crippen molar-refractivity contribution in [1.29, 1.82) is 0 Å². The van der Waals surface area contributed by atoms with Gasteiger partial charge in [-0.15, -0.1) is 21.8 Å². The quantitative estimate of drug-likeness (QED) is 0.434. The predicted octanol–water partition coefficient (Wildman–Crippen LogP) is -4.71. The minimum Gasteiger partial charge on any atom is -0.335 e. The molecule has 3 aliphatic heterocycles. The fraction of sp³-hybridized carbons (Fsp3) is 1.00. The van der Waals surface area contributed by atoms with Crippen LogP contribution in [0.4, 0.5) is 0 Å². The van der Waals surface area contributed by atoms with Crippen molar-refractivity contribution in [1.82, 2.24) is 0 Å². The van der Waals surface area contributed by atoms with E-state index >= 15 is 0 Å². The van der Waals surface area contributed by atoms with Crippen molar-refractivity contribution in [3.8, 4) is 0 Å². The second-order valence-corrected chi connectivity index (χ2v) is 5.34. The number of quaternary nitrogens is 1. The van der Waals surface area contributed by atoms with Crippen molar-refractivity contribution in [2.75, 3.05) is 19.6 Å². The molecule has 0 aromatic rings. The van der Waals surface area contributed by atoms with E-state index in [2.05, 4.69) is 0 Å². The lowest BCUT2D eigenvalue weighted by molar-refractivity contribution is -2.00. The minimum atomic E-state index is -4.94. The molecule has 0 aromatic carbocycles. The molecule has 0 unspecified atom stereocenters. The Bertz CT molecular complexity index is 169. The molecule has 0 amide bonds. The van der Waals surface area contributed by atoms with Crippen LogP contribution in [0.25, 0.3) is 0 Å². The highest BCUT2D eigenvalue weighted by molar-refractivity contribution is 6.24. The molecule has 0 saturated carbocycles. The Balaban J connectivity index is 0.000000171. The lowest BCUT2D eigenvalue weighted by Crippen LogP contribution is -3.15. The van der Waals surface area contributed by atoms with E-state index in [0.717, 1.165) is 0 Å². The van der Waals surface area contributed by atoms with Crippen LogP contribution in [0.1, 0.15) is 19.3 Å². The molecule has 3 saturated heterocycles. The van der Waals surface area contributed by atoms with Crippen LogP contribution >= 0.6 is 11.6 Å². The van der Waals surface area contributed by atoms with Crippen molar-refractivity contribution < 1.29 is 33.8 Å². The summed E-state index contributed by atoms with van der Waals surface area (Å²) in [6, 6.07) is 0. The molecule has 1 N–H and O–H groups in total. The van der Waals surface area contributed by atoms with Crippen LogP contribution in [0.3, 0.4) is 0 Å². The average Bonchev–Trinajstić information content (AvgIpc) is 2.02. The highest BCUT2D eigenvalue weighted by atomic mass is 35.7. The van der Waals surface area contributed by atoms with Crippen LogP contribution in [0.2, 0.25) is 0 Å². The number of rotatable bonds is 0. The molecule has 0 spiro atoms. The number of hydrogen-bond donors (Lipinski definition) is 1. The van der Waals surface area contributed by atoms with Gasteiger partial charge in [0.15, 0.2) is 0 Å². The Kier molecular flexibility index (Phi) is 3.99. The summed E-state index contributed by atoms with van der Waals surface area (Å²) in [5.74, 6) is 0. The second-order valence-electron chi connectivity index (χ2n) is 3.78. The van der Waals surface area contributed by atoms with Gasteiger partial charge in [-0.1, -0.05) is 0 Å². The summed E-state index contributed by atoms with van der Waals surface area (Å²) in [6.45, 7) is 3.97. The van der Waals surface area contributed by atoms with E-state index in [1.54, 1.807) is 4.90 Å². The van der Waals surface area contributed by atoms with Gasteiger partial charge in [-0.25, -0.2) is 18.6 Å². The number of halogens is 2. The molecule has 0 atom stereocenters. The van der Waals surface area contributed by atoms with E-state index in [1.807, 2.05) is 0 Å². The number of hydrogen-bond acceptors (Lipinski definition) is 4. The number of alkyl halides is 1. The highest BCUT2D eigenvalue weighted by Crippen LogP contribution is 2.30. The Hall–Kier alpha value is 0.380. The van der Waals surface area contributed by atoms with Crippen LogP contribution in [-0.4, -0.2) is 24.5 Å². The molecule has 3 rings (SSSR count). The molecule has 0 radical (unpaired) electrons. The van der Waals surface area contributed by atoms with Gasteiger partial charge in [0.1, 0.15) is 0 Å². The van der Waals surface area contributed by atoms with Crippen molar-refractivity contribution in [3.05, 3.63) is 0 Å². The fourth-order valence-corrected chi connectivity index (χ4v) is 2.24. The van der Waals surface area contributed by atoms with E-state index in [0.29, 0.717) is 0 Å². The molecule has 14 heavy (non-hydrogen) atoms. The molecule has 0 aliphatic carbocycles. The van der Waals surface area contributed by atoms with Crippen LogP contribution in [0.5, 0.6) is 0 Å². The zero-order valence-corrected chi connectivity index (χ0v) is 9.14. The zero-order valence-electron chi connectivity index (χ0n) is 7.63. The molecule has 7 heteroatoms. The summed E-state index contributed by atoms with van der Waals surface area (Å²) in [5.41, 5.74) is 0. The SMILES string of the molecule is ClC12CC[NH+](CC1)CC2.[O-][Cl+3]([O-])([O-])[O-]. The Morgan fingerprint density at radius 2 is 1.21 bits per heavy atom. The normalized spacial score (nSPS) is 36.2. The molecular weight excluding hydrogens is 233 g/mol. The molecule has 3 fully saturated rings. The third-order valence-electron chi connectivity index (χ3n) is 2.78. The first-order valence-electron chi connectivity index (χ1n) is 4.43. The summed E-state index contributed by atoms with van der Waals surface area (Å²) < 4.78 is 34.0. The lowest BCUT2D eigenvalue weighted by atomic mass is 9.87. The molecule has 3 aliphatic rings. The largest absolute Gasteiger partial charge is 0.335 e. The monoisotopic (exact) mass is 245 g/mol. The van der Waals surface area contributed by atoms with Crippen molar-refractivity contribution in [2.45, 2.75) is 24.1 Å². The smallest absolute Gasteiger partial charge is 0.0788 e. The third kappa shape index (κ3) is 4.75. The summed E-state index contributed by atoms with van der Waals surface area (Å²) in [6.07, 6.45) is 3.76. The van der Waals surface area contributed by atoms with Gasteiger partial charge in [-0.3, -0.25) is 0 Å². The van der Waals surface area contributed by atoms with Crippen molar-refractivity contribution in [2.24, 2.45) is 0 Å². The van der Waals surface area contributed by atoms with Gasteiger partial charge in [-0.05, 0) is 0 Å². The van der Waals surface area contributed by atoms with Gasteiger partial charge in [-0.2, -0.15) is 0 Å². The van der Waals surface area contributed by atoms with E-state index in [1.165, 1.54) is 38.9 Å². The predicted molar refractivity (Wildman–Crippen MR) is 38.0 cm³/mol. The molecular formula is C7H13Cl2NO4. The maximum Gasteiger partial charge on any atom is 0.0788 e. The first kappa shape index (κ1) is 12.4. The van der Waals surface area contributed by atoms with Gasteiger partial charge in [0.2, 0.25) is 0 Å². The fourth-order valence-electron chi connectivity index (χ4n) is 1.95. The van der Waals surface area contributed by atoms with Gasteiger partial charge in [0.25, 0.3) is 0 Å². The Labute approximate surface area is 89.6 Å². The maximum absolute atomic E-state index is 8.49. The summed E-state index contributed by atoms with van der Waals surface area (Å²) >= 11 is 6.28. The van der Waals surface area contributed by atoms with E-state index in [4.69, 9.17) is 30.2 Å². The first-order valence-corrected chi connectivity index (χ1v) is 6.04. The van der Waals surface area contributed by atoms with Crippen LogP contribution < -0.4 is 23.5 Å². The zero-order chi connectivity index (χ0) is 10.8. The minimum absolute atomic E-state index is 0.238. The molecule has 0 aromatic heterocycles.